The predicted molar refractivity (Wildman–Crippen MR) is 63.0 cm³/mol. The van der Waals surface area contributed by atoms with Crippen molar-refractivity contribution in [2.45, 2.75) is 31.7 Å². The Kier molecular flexibility index (Phi) is 3.27. The number of rotatable bonds is 3. The summed E-state index contributed by atoms with van der Waals surface area (Å²) in [5.41, 5.74) is -0.689. The normalized spacial score (nSPS) is 23.1. The highest BCUT2D eigenvalue weighted by atomic mass is 16.4. The maximum Gasteiger partial charge on any atom is 0.329 e. The largest absolute Gasteiger partial charge is 0.479 e. The Hall–Kier alpha value is -1.98. The van der Waals surface area contributed by atoms with Crippen molar-refractivity contribution in [1.82, 2.24) is 15.1 Å². The Bertz CT molecular complexity index is 463. The fourth-order valence-electron chi connectivity index (χ4n) is 2.49. The van der Waals surface area contributed by atoms with E-state index >= 15 is 0 Å². The molecule has 0 saturated carbocycles. The average Bonchev–Trinajstić information content (AvgIpc) is 2.84. The minimum absolute atomic E-state index is 0.286. The van der Waals surface area contributed by atoms with E-state index in [2.05, 4.69) is 10.2 Å². The Labute approximate surface area is 105 Å². The number of carboxylic acids is 1. The van der Waals surface area contributed by atoms with Crippen molar-refractivity contribution in [2.75, 3.05) is 6.54 Å². The van der Waals surface area contributed by atoms with Crippen LogP contribution in [0.5, 0.6) is 0 Å². The number of carbonyl (C=O) groups excluding carboxylic acids is 1. The molecule has 1 aliphatic heterocycles. The number of aromatic nitrogens is 2. The van der Waals surface area contributed by atoms with Crippen LogP contribution in [0.15, 0.2) is 18.5 Å². The molecular weight excluding hydrogens is 234 g/mol. The third-order valence-corrected chi connectivity index (χ3v) is 3.55. The molecule has 1 saturated heterocycles. The second-order valence-corrected chi connectivity index (χ2v) is 4.38. The zero-order valence-corrected chi connectivity index (χ0v) is 10.2. The Morgan fingerprint density at radius 3 is 2.83 bits per heavy atom. The summed E-state index contributed by atoms with van der Waals surface area (Å²) in [6, 6.07) is 1.55. The monoisotopic (exact) mass is 249 g/mol. The van der Waals surface area contributed by atoms with Crippen LogP contribution in [0.3, 0.4) is 0 Å². The first-order chi connectivity index (χ1) is 8.62. The molecule has 0 spiro atoms. The van der Waals surface area contributed by atoms with Crippen molar-refractivity contribution in [1.29, 1.82) is 0 Å². The van der Waals surface area contributed by atoms with Crippen molar-refractivity contribution in [2.24, 2.45) is 0 Å². The van der Waals surface area contributed by atoms with Crippen LogP contribution in [0.1, 0.15) is 36.5 Å². The molecule has 6 heteroatoms. The Balaban J connectivity index is 2.33. The number of nitrogens with zero attached hydrogens (tertiary/aromatic N) is 3. The van der Waals surface area contributed by atoms with E-state index in [9.17, 15) is 14.7 Å². The van der Waals surface area contributed by atoms with Gasteiger partial charge in [0, 0.05) is 6.54 Å². The van der Waals surface area contributed by atoms with Crippen LogP contribution in [0.25, 0.3) is 0 Å². The van der Waals surface area contributed by atoms with Gasteiger partial charge in [0.2, 0.25) is 0 Å². The topological polar surface area (TPSA) is 83.4 Å². The van der Waals surface area contributed by atoms with Crippen LogP contribution < -0.4 is 0 Å². The molecule has 2 rings (SSSR count). The summed E-state index contributed by atoms with van der Waals surface area (Å²) < 4.78 is 0. The zero-order chi connectivity index (χ0) is 13.2. The summed E-state index contributed by atoms with van der Waals surface area (Å²) in [5, 5.41) is 16.7. The lowest BCUT2D eigenvalue weighted by molar-refractivity contribution is -0.148. The number of likely N-dealkylation sites (tertiary alicyclic amines) is 1. The number of carbonyl (C=O) groups is 2. The van der Waals surface area contributed by atoms with Gasteiger partial charge in [-0.2, -0.15) is 10.2 Å². The first kappa shape index (κ1) is 12.5. The van der Waals surface area contributed by atoms with E-state index in [-0.39, 0.29) is 5.91 Å². The molecule has 2 heterocycles. The number of hydrogen-bond acceptors (Lipinski definition) is 4. The molecular formula is C12H15N3O3. The molecule has 1 aromatic heterocycles. The number of carboxylic acid groups (broad SMARTS) is 1. The molecule has 0 aliphatic carbocycles. The molecule has 0 aromatic carbocycles. The van der Waals surface area contributed by atoms with Gasteiger partial charge in [0.15, 0.2) is 0 Å². The molecule has 0 radical (unpaired) electrons. The van der Waals surface area contributed by atoms with Crippen LogP contribution in [0, 0.1) is 0 Å². The van der Waals surface area contributed by atoms with Gasteiger partial charge >= 0.3 is 5.97 Å². The van der Waals surface area contributed by atoms with Gasteiger partial charge in [0.1, 0.15) is 5.54 Å². The van der Waals surface area contributed by atoms with E-state index in [0.717, 1.165) is 0 Å². The van der Waals surface area contributed by atoms with Crippen LogP contribution >= 0.6 is 0 Å². The molecule has 1 aromatic rings. The third-order valence-electron chi connectivity index (χ3n) is 3.55. The maximum atomic E-state index is 12.3. The fourth-order valence-corrected chi connectivity index (χ4v) is 2.49. The molecule has 1 unspecified atom stereocenters. The van der Waals surface area contributed by atoms with E-state index in [1.807, 2.05) is 0 Å². The summed E-state index contributed by atoms with van der Waals surface area (Å²) in [5.74, 6) is -1.22. The van der Waals surface area contributed by atoms with Crippen molar-refractivity contribution < 1.29 is 14.7 Å². The average molecular weight is 249 g/mol. The van der Waals surface area contributed by atoms with Gasteiger partial charge in [-0.3, -0.25) is 4.79 Å². The molecule has 6 nitrogen and oxygen atoms in total. The van der Waals surface area contributed by atoms with Crippen molar-refractivity contribution in [3.8, 4) is 0 Å². The summed E-state index contributed by atoms with van der Waals surface area (Å²) in [7, 11) is 0. The molecule has 1 N–H and O–H groups in total. The minimum Gasteiger partial charge on any atom is -0.479 e. The highest BCUT2D eigenvalue weighted by Crippen LogP contribution is 2.33. The number of hydrogen-bond donors (Lipinski definition) is 1. The fraction of sp³-hybridized carbons (Fsp3) is 0.500. The first-order valence-corrected chi connectivity index (χ1v) is 5.94. The minimum atomic E-state index is -1.07. The Morgan fingerprint density at radius 1 is 1.50 bits per heavy atom. The summed E-state index contributed by atoms with van der Waals surface area (Å²) in [4.78, 5) is 25.3. The molecule has 18 heavy (non-hydrogen) atoms. The molecule has 0 bridgehead atoms. The van der Waals surface area contributed by atoms with Gasteiger partial charge in [0.05, 0.1) is 18.0 Å². The van der Waals surface area contributed by atoms with E-state index in [0.29, 0.717) is 31.4 Å². The summed E-state index contributed by atoms with van der Waals surface area (Å²) in [6.45, 7) is 2.27. The van der Waals surface area contributed by atoms with Gasteiger partial charge in [-0.15, -0.1) is 0 Å². The van der Waals surface area contributed by atoms with Gasteiger partial charge < -0.3 is 10.0 Å². The van der Waals surface area contributed by atoms with Gasteiger partial charge in [-0.1, -0.05) is 6.92 Å². The van der Waals surface area contributed by atoms with E-state index in [1.54, 1.807) is 13.0 Å². The summed E-state index contributed by atoms with van der Waals surface area (Å²) >= 11 is 0. The lowest BCUT2D eigenvalue weighted by Gasteiger charge is -2.33. The van der Waals surface area contributed by atoms with Crippen molar-refractivity contribution >= 4 is 11.9 Å². The SMILES string of the molecule is CCC1(C(=O)O)CCCN1C(=O)c1ccnnc1. The quantitative estimate of drug-likeness (QED) is 0.862. The van der Waals surface area contributed by atoms with Gasteiger partial charge in [-0.05, 0) is 25.3 Å². The molecule has 1 fully saturated rings. The lowest BCUT2D eigenvalue weighted by Crippen LogP contribution is -2.52. The number of amides is 1. The molecule has 1 amide bonds. The van der Waals surface area contributed by atoms with Crippen LogP contribution in [0.2, 0.25) is 0 Å². The number of aliphatic carboxylic acids is 1. The van der Waals surface area contributed by atoms with Crippen LogP contribution in [-0.4, -0.2) is 44.2 Å². The predicted octanol–water partition coefficient (Wildman–Crippen LogP) is 0.946. The zero-order valence-electron chi connectivity index (χ0n) is 10.2. The second kappa shape index (κ2) is 4.72. The highest BCUT2D eigenvalue weighted by Gasteiger charge is 2.48. The van der Waals surface area contributed by atoms with Gasteiger partial charge in [-0.25, -0.2) is 4.79 Å². The lowest BCUT2D eigenvalue weighted by atomic mass is 9.92. The van der Waals surface area contributed by atoms with E-state index in [1.165, 1.54) is 17.3 Å². The van der Waals surface area contributed by atoms with Crippen molar-refractivity contribution in [3.05, 3.63) is 24.0 Å². The Morgan fingerprint density at radius 2 is 2.28 bits per heavy atom. The smallest absolute Gasteiger partial charge is 0.329 e. The summed E-state index contributed by atoms with van der Waals surface area (Å²) in [6.07, 6.45) is 4.42. The van der Waals surface area contributed by atoms with Crippen molar-refractivity contribution in [3.63, 3.8) is 0 Å². The van der Waals surface area contributed by atoms with Crippen LogP contribution in [-0.2, 0) is 4.79 Å². The molecule has 96 valence electrons. The third kappa shape index (κ3) is 1.83. The first-order valence-electron chi connectivity index (χ1n) is 5.94. The van der Waals surface area contributed by atoms with E-state index < -0.39 is 11.5 Å². The van der Waals surface area contributed by atoms with E-state index in [4.69, 9.17) is 0 Å². The van der Waals surface area contributed by atoms with Crippen LogP contribution in [0.4, 0.5) is 0 Å². The highest BCUT2D eigenvalue weighted by molar-refractivity contribution is 5.98. The maximum absolute atomic E-state index is 12.3. The van der Waals surface area contributed by atoms with Gasteiger partial charge in [0.25, 0.3) is 5.91 Å². The molecule has 1 aliphatic rings. The second-order valence-electron chi connectivity index (χ2n) is 4.38. The standard InChI is InChI=1S/C12H15N3O3/c1-2-12(11(17)18)5-3-7-15(12)10(16)9-4-6-13-14-8-9/h4,6,8H,2-3,5,7H2,1H3,(H,17,18). The molecule has 1 atom stereocenters.